The molecule has 2 aromatic carbocycles. The van der Waals surface area contributed by atoms with E-state index in [0.29, 0.717) is 10.8 Å². The van der Waals surface area contributed by atoms with Gasteiger partial charge in [0.1, 0.15) is 11.6 Å². The number of aromatic nitrogens is 2. The Hall–Kier alpha value is -1.52. The lowest BCUT2D eigenvalue weighted by Gasteiger charge is -2.09. The molecule has 3 nitrogen and oxygen atoms in total. The first-order valence-corrected chi connectivity index (χ1v) is 6.84. The molecule has 0 amide bonds. The van der Waals surface area contributed by atoms with Crippen molar-refractivity contribution in [2.24, 2.45) is 0 Å². The summed E-state index contributed by atoms with van der Waals surface area (Å²) in [5, 5.41) is 0.628. The summed E-state index contributed by atoms with van der Waals surface area (Å²) in [5.74, 6) is 1.45. The van der Waals surface area contributed by atoms with Crippen molar-refractivity contribution in [1.82, 2.24) is 9.97 Å². The van der Waals surface area contributed by atoms with Crippen LogP contribution in [0.1, 0.15) is 0 Å². The zero-order valence-electron chi connectivity index (χ0n) is 10.1. The molecule has 0 unspecified atom stereocenters. The minimum absolute atomic E-state index is 0.628. The van der Waals surface area contributed by atoms with Gasteiger partial charge in [0.05, 0.1) is 28.2 Å². The van der Waals surface area contributed by atoms with Gasteiger partial charge in [-0.15, -0.1) is 0 Å². The largest absolute Gasteiger partial charge is 0.495 e. The number of halogens is 2. The van der Waals surface area contributed by atoms with Crippen molar-refractivity contribution in [2.45, 2.75) is 0 Å². The SMILES string of the molecule is COc1c(Br)cc(Cl)cc1-c1nc2ccccc2[nH]1. The second-order valence-corrected chi connectivity index (χ2v) is 5.36. The highest BCUT2D eigenvalue weighted by Gasteiger charge is 2.14. The van der Waals surface area contributed by atoms with Crippen LogP contribution < -0.4 is 4.74 Å². The Labute approximate surface area is 123 Å². The fourth-order valence-corrected chi connectivity index (χ4v) is 3.00. The van der Waals surface area contributed by atoms with Gasteiger partial charge in [-0.3, -0.25) is 0 Å². The molecule has 1 aromatic heterocycles. The van der Waals surface area contributed by atoms with Crippen LogP contribution in [0.3, 0.4) is 0 Å². The third-order valence-electron chi connectivity index (χ3n) is 2.86. The van der Waals surface area contributed by atoms with Gasteiger partial charge in [-0.2, -0.15) is 0 Å². The van der Waals surface area contributed by atoms with Gasteiger partial charge in [0, 0.05) is 5.02 Å². The molecule has 1 N–H and O–H groups in total. The van der Waals surface area contributed by atoms with Crippen LogP contribution in [-0.4, -0.2) is 17.1 Å². The number of fused-ring (bicyclic) bond motifs is 1. The van der Waals surface area contributed by atoms with E-state index in [1.807, 2.05) is 30.3 Å². The second kappa shape index (κ2) is 4.87. The van der Waals surface area contributed by atoms with Gasteiger partial charge in [0.2, 0.25) is 0 Å². The molecular formula is C14H10BrClN2O. The number of nitrogens with zero attached hydrogens (tertiary/aromatic N) is 1. The number of aromatic amines is 1. The molecule has 0 atom stereocenters. The maximum atomic E-state index is 6.10. The summed E-state index contributed by atoms with van der Waals surface area (Å²) < 4.78 is 6.22. The molecule has 3 rings (SSSR count). The quantitative estimate of drug-likeness (QED) is 0.739. The molecule has 0 spiro atoms. The molecule has 0 aliphatic carbocycles. The van der Waals surface area contributed by atoms with Crippen molar-refractivity contribution in [3.8, 4) is 17.1 Å². The summed E-state index contributed by atoms with van der Waals surface area (Å²) in [7, 11) is 1.63. The first-order chi connectivity index (χ1) is 9.19. The maximum Gasteiger partial charge on any atom is 0.144 e. The zero-order valence-corrected chi connectivity index (χ0v) is 12.4. The highest BCUT2D eigenvalue weighted by Crippen LogP contribution is 2.38. The van der Waals surface area contributed by atoms with Crippen molar-refractivity contribution in [2.75, 3.05) is 7.11 Å². The molecule has 3 aromatic rings. The summed E-state index contributed by atoms with van der Waals surface area (Å²) in [5.41, 5.74) is 2.73. The van der Waals surface area contributed by atoms with E-state index in [4.69, 9.17) is 16.3 Å². The van der Waals surface area contributed by atoms with Crippen LogP contribution in [0.25, 0.3) is 22.4 Å². The summed E-state index contributed by atoms with van der Waals surface area (Å²) in [4.78, 5) is 7.83. The molecule has 0 fully saturated rings. The number of H-pyrrole nitrogens is 1. The van der Waals surface area contributed by atoms with Crippen molar-refractivity contribution >= 4 is 38.6 Å². The highest BCUT2D eigenvalue weighted by atomic mass is 79.9. The van der Waals surface area contributed by atoms with Crippen LogP contribution in [0.5, 0.6) is 5.75 Å². The van der Waals surface area contributed by atoms with E-state index < -0.39 is 0 Å². The van der Waals surface area contributed by atoms with Crippen LogP contribution in [0, 0.1) is 0 Å². The number of hydrogen-bond acceptors (Lipinski definition) is 2. The molecule has 0 radical (unpaired) electrons. The van der Waals surface area contributed by atoms with Gasteiger partial charge in [0.15, 0.2) is 0 Å². The zero-order chi connectivity index (χ0) is 13.4. The molecule has 1 heterocycles. The maximum absolute atomic E-state index is 6.10. The Balaban J connectivity index is 2.25. The van der Waals surface area contributed by atoms with Crippen molar-refractivity contribution < 1.29 is 4.74 Å². The number of ether oxygens (including phenoxy) is 1. The normalized spacial score (nSPS) is 10.9. The topological polar surface area (TPSA) is 37.9 Å². The fraction of sp³-hybridized carbons (Fsp3) is 0.0714. The van der Waals surface area contributed by atoms with E-state index in [1.165, 1.54) is 0 Å². The lowest BCUT2D eigenvalue weighted by molar-refractivity contribution is 0.413. The van der Waals surface area contributed by atoms with Gasteiger partial charge >= 0.3 is 0 Å². The highest BCUT2D eigenvalue weighted by molar-refractivity contribution is 9.10. The van der Waals surface area contributed by atoms with Gasteiger partial charge in [-0.1, -0.05) is 23.7 Å². The van der Waals surface area contributed by atoms with E-state index in [1.54, 1.807) is 13.2 Å². The van der Waals surface area contributed by atoms with E-state index in [-0.39, 0.29) is 0 Å². The number of imidazole rings is 1. The third-order valence-corrected chi connectivity index (χ3v) is 3.66. The predicted molar refractivity (Wildman–Crippen MR) is 80.8 cm³/mol. The second-order valence-electron chi connectivity index (χ2n) is 4.07. The molecule has 96 valence electrons. The Morgan fingerprint density at radius 1 is 1.26 bits per heavy atom. The summed E-state index contributed by atoms with van der Waals surface area (Å²) in [6.07, 6.45) is 0. The minimum atomic E-state index is 0.628. The van der Waals surface area contributed by atoms with Crippen LogP contribution in [0.4, 0.5) is 0 Å². The van der Waals surface area contributed by atoms with Gasteiger partial charge in [-0.25, -0.2) is 4.98 Å². The lowest BCUT2D eigenvalue weighted by atomic mass is 10.2. The summed E-state index contributed by atoms with van der Waals surface area (Å²) in [6, 6.07) is 11.5. The smallest absolute Gasteiger partial charge is 0.144 e. The lowest BCUT2D eigenvalue weighted by Crippen LogP contribution is -1.91. The Bertz CT molecular complexity index is 721. The fourth-order valence-electron chi connectivity index (χ4n) is 2.02. The average molecular weight is 338 g/mol. The first-order valence-electron chi connectivity index (χ1n) is 5.67. The molecule has 0 aliphatic heterocycles. The molecular weight excluding hydrogens is 328 g/mol. The predicted octanol–water partition coefficient (Wildman–Crippen LogP) is 4.65. The Morgan fingerprint density at radius 2 is 2.05 bits per heavy atom. The van der Waals surface area contributed by atoms with Crippen LogP contribution in [-0.2, 0) is 0 Å². The Kier molecular flexibility index (Phi) is 3.21. The van der Waals surface area contributed by atoms with Crippen LogP contribution in [0.2, 0.25) is 5.02 Å². The van der Waals surface area contributed by atoms with Crippen molar-refractivity contribution in [1.29, 1.82) is 0 Å². The first kappa shape index (κ1) is 12.5. The monoisotopic (exact) mass is 336 g/mol. The van der Waals surface area contributed by atoms with Crippen LogP contribution >= 0.6 is 27.5 Å². The average Bonchev–Trinajstić information content (AvgIpc) is 2.81. The van der Waals surface area contributed by atoms with E-state index in [9.17, 15) is 0 Å². The molecule has 0 aliphatic rings. The van der Waals surface area contributed by atoms with E-state index >= 15 is 0 Å². The number of methoxy groups -OCH3 is 1. The van der Waals surface area contributed by atoms with Crippen molar-refractivity contribution in [3.05, 3.63) is 45.9 Å². The minimum Gasteiger partial charge on any atom is -0.495 e. The van der Waals surface area contributed by atoms with Crippen LogP contribution in [0.15, 0.2) is 40.9 Å². The number of rotatable bonds is 2. The van der Waals surface area contributed by atoms with Gasteiger partial charge < -0.3 is 9.72 Å². The molecule has 5 heteroatoms. The summed E-state index contributed by atoms with van der Waals surface area (Å²) in [6.45, 7) is 0. The number of nitrogens with one attached hydrogen (secondary N) is 1. The number of hydrogen-bond donors (Lipinski definition) is 1. The standard InChI is InChI=1S/C14H10BrClN2O/c1-19-13-9(6-8(16)7-10(13)15)14-17-11-4-2-3-5-12(11)18-14/h2-7H,1H3,(H,17,18). The van der Waals surface area contributed by atoms with Gasteiger partial charge in [-0.05, 0) is 40.2 Å². The van der Waals surface area contributed by atoms with E-state index in [2.05, 4.69) is 25.9 Å². The Morgan fingerprint density at radius 3 is 2.79 bits per heavy atom. The number of benzene rings is 2. The third kappa shape index (κ3) is 2.22. The molecule has 19 heavy (non-hydrogen) atoms. The van der Waals surface area contributed by atoms with Crippen molar-refractivity contribution in [3.63, 3.8) is 0 Å². The molecule has 0 saturated heterocycles. The molecule has 0 saturated carbocycles. The van der Waals surface area contributed by atoms with Gasteiger partial charge in [0.25, 0.3) is 0 Å². The number of para-hydroxylation sites is 2. The summed E-state index contributed by atoms with van der Waals surface area (Å²) >= 11 is 9.55. The van der Waals surface area contributed by atoms with E-state index in [0.717, 1.165) is 26.9 Å². The molecule has 0 bridgehead atoms.